The highest BCUT2D eigenvalue weighted by Crippen LogP contribution is 2.34. The quantitative estimate of drug-likeness (QED) is 0.119. The Labute approximate surface area is 308 Å². The first-order chi connectivity index (χ1) is 25.0. The lowest BCUT2D eigenvalue weighted by Gasteiger charge is -2.12. The number of nitrogens with zero attached hydrogens (tertiary/aromatic N) is 3. The fourth-order valence-electron chi connectivity index (χ4n) is 5.33. The van der Waals surface area contributed by atoms with Gasteiger partial charge >= 0.3 is 0 Å². The zero-order chi connectivity index (χ0) is 36.8. The Morgan fingerprint density at radius 2 is 1.21 bits per heavy atom. The molecule has 4 N–H and O–H groups in total. The second-order valence-electron chi connectivity index (χ2n) is 11.5. The molecule has 0 radical (unpaired) electrons. The van der Waals surface area contributed by atoms with Crippen molar-refractivity contribution >= 4 is 75.9 Å². The molecule has 0 bridgehead atoms. The molecule has 7 aromatic rings. The van der Waals surface area contributed by atoms with E-state index in [1.54, 1.807) is 68.0 Å². The summed E-state index contributed by atoms with van der Waals surface area (Å²) in [6.45, 7) is 0. The van der Waals surface area contributed by atoms with Crippen LogP contribution in [-0.4, -0.2) is 44.9 Å². The molecule has 0 aliphatic rings. The van der Waals surface area contributed by atoms with Gasteiger partial charge in [0.1, 0.15) is 28.8 Å². The second kappa shape index (κ2) is 15.5. The van der Waals surface area contributed by atoms with Gasteiger partial charge in [-0.15, -0.1) is 0 Å². The van der Waals surface area contributed by atoms with Crippen LogP contribution in [0, 0.1) is 5.82 Å². The van der Waals surface area contributed by atoms with E-state index in [9.17, 15) is 18.8 Å². The average Bonchev–Trinajstić information content (AvgIpc) is 3.12. The number of hydrogen-bond donors (Lipinski definition) is 4. The summed E-state index contributed by atoms with van der Waals surface area (Å²) < 4.78 is 42.1. The summed E-state index contributed by atoms with van der Waals surface area (Å²) >= 11 is 3.47. The molecular weight excluding hydrogens is 749 g/mol. The van der Waals surface area contributed by atoms with E-state index in [-0.39, 0.29) is 11.5 Å². The van der Waals surface area contributed by atoms with Crippen LogP contribution in [-0.2, 0) is 9.73 Å². The first kappa shape index (κ1) is 35.9. The van der Waals surface area contributed by atoms with Crippen LogP contribution in [0.1, 0.15) is 0 Å². The number of rotatable bonds is 8. The van der Waals surface area contributed by atoms with E-state index in [0.29, 0.717) is 27.8 Å². The lowest BCUT2D eigenvalue weighted by molar-refractivity contribution is 0.407. The molecule has 0 aliphatic carbocycles. The minimum atomic E-state index is -2.77. The third-order valence-corrected chi connectivity index (χ3v) is 9.97. The highest BCUT2D eigenvalue weighted by atomic mass is 79.9. The van der Waals surface area contributed by atoms with Gasteiger partial charge in [0, 0.05) is 97.9 Å². The highest BCUT2D eigenvalue weighted by Gasteiger charge is 2.10. The number of benzene rings is 5. The smallest absolute Gasteiger partial charge is 0.124 e. The lowest BCUT2D eigenvalue weighted by Crippen LogP contribution is -1.97. The van der Waals surface area contributed by atoms with E-state index in [0.717, 1.165) is 43.3 Å². The molecule has 0 aliphatic heterocycles. The molecule has 2 heterocycles. The summed E-state index contributed by atoms with van der Waals surface area (Å²) in [6.07, 6.45) is 4.94. The zero-order valence-electron chi connectivity index (χ0n) is 28.2. The van der Waals surface area contributed by atoms with Gasteiger partial charge in [-0.2, -0.15) is 4.36 Å². The Morgan fingerprint density at radius 1 is 0.692 bits per heavy atom. The van der Waals surface area contributed by atoms with Gasteiger partial charge in [-0.05, 0) is 72.8 Å². The van der Waals surface area contributed by atoms with Crippen molar-refractivity contribution in [3.05, 3.63) is 132 Å². The SMILES string of the molecule is COc1cc(O)cc(Nc2ccnc3ccc(Br)cc23)c1.COc1cc(O)cc(Nc2ccnc3ccc(N=S(C)(=O)c4ccc(F)cc4)cc23)c1. The van der Waals surface area contributed by atoms with Gasteiger partial charge < -0.3 is 30.3 Å². The Hall–Kier alpha value is -5.92. The van der Waals surface area contributed by atoms with Crippen LogP contribution in [0.4, 0.5) is 32.8 Å². The fraction of sp³-hybridized carbons (Fsp3) is 0.0769. The van der Waals surface area contributed by atoms with E-state index in [4.69, 9.17) is 9.47 Å². The monoisotopic (exact) mass is 781 g/mol. The number of anilines is 4. The minimum absolute atomic E-state index is 0.0703. The molecule has 0 saturated carbocycles. The minimum Gasteiger partial charge on any atom is -0.508 e. The number of pyridine rings is 2. The van der Waals surface area contributed by atoms with Gasteiger partial charge in [0.25, 0.3) is 0 Å². The molecule has 264 valence electrons. The molecule has 0 amide bonds. The van der Waals surface area contributed by atoms with E-state index in [1.165, 1.54) is 43.7 Å². The Kier molecular flexibility index (Phi) is 10.7. The number of nitrogens with one attached hydrogen (secondary N) is 2. The van der Waals surface area contributed by atoms with Crippen LogP contribution in [0.5, 0.6) is 23.0 Å². The number of phenols is 2. The van der Waals surface area contributed by atoms with Crippen molar-refractivity contribution in [3.8, 4) is 23.0 Å². The van der Waals surface area contributed by atoms with E-state index < -0.39 is 15.5 Å². The van der Waals surface area contributed by atoms with Crippen LogP contribution in [0.15, 0.2) is 135 Å². The standard InChI is InChI=1S/C23H20FN3O3S.C16H13BrN2O2/c1-30-19-12-17(11-18(28)14-19)26-23-9-10-25-22-8-5-16(13-21(22)23)27-31(2,29)20-6-3-15(24)4-7-20;1-21-13-8-11(7-12(20)9-13)19-16-4-5-18-15-3-2-10(17)6-14(15)16/h3-14,28H,1-2H3,(H,25,26);2-9,20H,1H3,(H,18,19). The van der Waals surface area contributed by atoms with Crippen LogP contribution in [0.3, 0.4) is 0 Å². The second-order valence-corrected chi connectivity index (χ2v) is 14.7. The molecule has 0 fully saturated rings. The van der Waals surface area contributed by atoms with E-state index >= 15 is 0 Å². The Bertz CT molecular complexity index is 2530. The van der Waals surface area contributed by atoms with Gasteiger partial charge in [-0.25, -0.2) is 8.60 Å². The summed E-state index contributed by atoms with van der Waals surface area (Å²) in [5.41, 5.74) is 5.16. The molecule has 10 nitrogen and oxygen atoms in total. The van der Waals surface area contributed by atoms with Gasteiger partial charge in [0.2, 0.25) is 0 Å². The molecule has 0 spiro atoms. The maximum atomic E-state index is 13.2. The summed E-state index contributed by atoms with van der Waals surface area (Å²) in [6, 6.07) is 30.3. The maximum Gasteiger partial charge on any atom is 0.124 e. The molecular formula is C39H33BrFN5O5S. The average molecular weight is 783 g/mol. The summed E-state index contributed by atoms with van der Waals surface area (Å²) in [4.78, 5) is 9.16. The molecule has 5 aromatic carbocycles. The number of halogens is 2. The van der Waals surface area contributed by atoms with Crippen LogP contribution >= 0.6 is 15.9 Å². The normalized spacial score (nSPS) is 11.9. The molecule has 1 atom stereocenters. The van der Waals surface area contributed by atoms with Crippen molar-refractivity contribution in [2.75, 3.05) is 31.1 Å². The van der Waals surface area contributed by atoms with Gasteiger partial charge in [0.05, 0.1) is 40.7 Å². The van der Waals surface area contributed by atoms with E-state index in [1.807, 2.05) is 30.3 Å². The van der Waals surface area contributed by atoms with Crippen LogP contribution < -0.4 is 20.1 Å². The molecule has 0 saturated heterocycles. The fourth-order valence-corrected chi connectivity index (χ4v) is 6.95. The predicted molar refractivity (Wildman–Crippen MR) is 208 cm³/mol. The van der Waals surface area contributed by atoms with Gasteiger partial charge in [-0.1, -0.05) is 15.9 Å². The first-order valence-corrected chi connectivity index (χ1v) is 18.4. The van der Waals surface area contributed by atoms with Crippen molar-refractivity contribution in [3.63, 3.8) is 0 Å². The summed E-state index contributed by atoms with van der Waals surface area (Å²) in [5.74, 6) is 0.936. The zero-order valence-corrected chi connectivity index (χ0v) is 30.6. The molecule has 13 heteroatoms. The topological polar surface area (TPSA) is 138 Å². The molecule has 2 aromatic heterocycles. The Morgan fingerprint density at radius 3 is 1.75 bits per heavy atom. The number of methoxy groups -OCH3 is 2. The van der Waals surface area contributed by atoms with Crippen LogP contribution in [0.25, 0.3) is 21.8 Å². The van der Waals surface area contributed by atoms with E-state index in [2.05, 4.69) is 40.9 Å². The van der Waals surface area contributed by atoms with Gasteiger partial charge in [0.15, 0.2) is 0 Å². The van der Waals surface area contributed by atoms with Gasteiger partial charge in [-0.3, -0.25) is 9.97 Å². The number of fused-ring (bicyclic) bond motifs is 2. The van der Waals surface area contributed by atoms with Crippen LogP contribution in [0.2, 0.25) is 0 Å². The summed E-state index contributed by atoms with van der Waals surface area (Å²) in [5, 5.41) is 27.9. The third kappa shape index (κ3) is 8.68. The Balaban J connectivity index is 0.000000192. The predicted octanol–water partition coefficient (Wildman–Crippen LogP) is 10.1. The van der Waals surface area contributed by atoms with Crippen molar-refractivity contribution in [1.82, 2.24) is 9.97 Å². The molecule has 52 heavy (non-hydrogen) atoms. The highest BCUT2D eigenvalue weighted by molar-refractivity contribution is 9.10. The largest absolute Gasteiger partial charge is 0.508 e. The van der Waals surface area contributed by atoms with Crippen molar-refractivity contribution in [2.24, 2.45) is 4.36 Å². The number of phenolic OH excluding ortho intramolecular Hbond substituents is 2. The molecule has 7 rings (SSSR count). The third-order valence-electron chi connectivity index (χ3n) is 7.77. The van der Waals surface area contributed by atoms with Crippen molar-refractivity contribution in [2.45, 2.75) is 4.90 Å². The number of hydrogen-bond acceptors (Lipinski definition) is 10. The maximum absolute atomic E-state index is 13.2. The number of ether oxygens (including phenoxy) is 2. The first-order valence-electron chi connectivity index (χ1n) is 15.7. The number of aromatic nitrogens is 2. The molecule has 1 unspecified atom stereocenters. The summed E-state index contributed by atoms with van der Waals surface area (Å²) in [7, 11) is 0.325. The van der Waals surface area contributed by atoms with Crippen molar-refractivity contribution < 1.29 is 28.3 Å². The number of aromatic hydroxyl groups is 2. The lowest BCUT2D eigenvalue weighted by atomic mass is 10.1. The van der Waals surface area contributed by atoms with Crippen molar-refractivity contribution in [1.29, 1.82) is 0 Å².